The largest absolute Gasteiger partial charge is 0.309 e. The van der Waals surface area contributed by atoms with Crippen LogP contribution in [-0.2, 0) is 6.54 Å². The molecule has 1 N–H and O–H groups in total. The average Bonchev–Trinajstić information content (AvgIpc) is 2.66. The number of halogens is 2. The van der Waals surface area contributed by atoms with Crippen LogP contribution >= 0.6 is 27.5 Å². The van der Waals surface area contributed by atoms with E-state index in [1.165, 1.54) is 13.0 Å². The van der Waals surface area contributed by atoms with Crippen molar-refractivity contribution < 1.29 is 0 Å². The third-order valence-corrected chi connectivity index (χ3v) is 3.84. The normalized spacial score (nSPS) is 21.6. The standard InChI is InChI=1S/C12H16BrClN2/c1-16-5-4-11(8-16)15-7-9-6-10(13)2-3-12(9)14/h2-3,6,11,15H,4-5,7-8H2,1H3. The third-order valence-electron chi connectivity index (χ3n) is 2.98. The molecular weight excluding hydrogens is 288 g/mol. The van der Waals surface area contributed by atoms with E-state index >= 15 is 0 Å². The number of rotatable bonds is 3. The Morgan fingerprint density at radius 3 is 3.06 bits per heavy atom. The van der Waals surface area contributed by atoms with Crippen molar-refractivity contribution in [1.29, 1.82) is 0 Å². The van der Waals surface area contributed by atoms with Crippen molar-refractivity contribution in [1.82, 2.24) is 10.2 Å². The molecule has 0 saturated carbocycles. The molecule has 0 aliphatic carbocycles. The molecule has 2 nitrogen and oxygen atoms in total. The summed E-state index contributed by atoms with van der Waals surface area (Å²) in [7, 11) is 2.16. The summed E-state index contributed by atoms with van der Waals surface area (Å²) < 4.78 is 1.08. The summed E-state index contributed by atoms with van der Waals surface area (Å²) in [5, 5.41) is 4.38. The first-order valence-electron chi connectivity index (χ1n) is 5.51. The summed E-state index contributed by atoms with van der Waals surface area (Å²) >= 11 is 9.60. The summed E-state index contributed by atoms with van der Waals surface area (Å²) in [6, 6.07) is 6.58. The first-order chi connectivity index (χ1) is 7.65. The zero-order chi connectivity index (χ0) is 11.5. The Bertz CT molecular complexity index is 370. The van der Waals surface area contributed by atoms with Gasteiger partial charge < -0.3 is 10.2 Å². The maximum absolute atomic E-state index is 6.14. The lowest BCUT2D eigenvalue weighted by Gasteiger charge is -2.13. The SMILES string of the molecule is CN1CCC(NCc2cc(Br)ccc2Cl)C1. The Morgan fingerprint density at radius 1 is 1.56 bits per heavy atom. The third kappa shape index (κ3) is 3.20. The maximum atomic E-state index is 6.14. The Hall–Kier alpha value is -0.0900. The molecule has 1 aromatic rings. The summed E-state index contributed by atoms with van der Waals surface area (Å²) in [4.78, 5) is 2.35. The minimum atomic E-state index is 0.597. The molecule has 0 bridgehead atoms. The van der Waals surface area contributed by atoms with E-state index in [1.807, 2.05) is 12.1 Å². The van der Waals surface area contributed by atoms with Crippen molar-refractivity contribution in [3.8, 4) is 0 Å². The van der Waals surface area contributed by atoms with Crippen LogP contribution in [0.25, 0.3) is 0 Å². The first kappa shape index (κ1) is 12.4. The van der Waals surface area contributed by atoms with Crippen molar-refractivity contribution in [3.05, 3.63) is 33.3 Å². The molecule has 2 rings (SSSR count). The average molecular weight is 304 g/mol. The molecule has 1 saturated heterocycles. The van der Waals surface area contributed by atoms with Gasteiger partial charge in [-0.05, 0) is 43.8 Å². The van der Waals surface area contributed by atoms with E-state index < -0.39 is 0 Å². The first-order valence-corrected chi connectivity index (χ1v) is 6.68. The van der Waals surface area contributed by atoms with Crippen LogP contribution in [0, 0.1) is 0 Å². The van der Waals surface area contributed by atoms with E-state index in [-0.39, 0.29) is 0 Å². The monoisotopic (exact) mass is 302 g/mol. The van der Waals surface area contributed by atoms with Gasteiger partial charge in [0, 0.05) is 28.6 Å². The highest BCUT2D eigenvalue weighted by molar-refractivity contribution is 9.10. The predicted octanol–water partition coefficient (Wildman–Crippen LogP) is 2.90. The zero-order valence-corrected chi connectivity index (χ0v) is 11.7. The van der Waals surface area contributed by atoms with Gasteiger partial charge >= 0.3 is 0 Å². The van der Waals surface area contributed by atoms with Gasteiger partial charge in [-0.1, -0.05) is 27.5 Å². The minimum absolute atomic E-state index is 0.597. The molecule has 1 aliphatic heterocycles. The molecule has 1 atom stereocenters. The summed E-state index contributed by atoms with van der Waals surface area (Å²) in [6.45, 7) is 3.16. The van der Waals surface area contributed by atoms with Gasteiger partial charge in [-0.2, -0.15) is 0 Å². The van der Waals surface area contributed by atoms with Crippen molar-refractivity contribution in [2.24, 2.45) is 0 Å². The lowest BCUT2D eigenvalue weighted by molar-refractivity contribution is 0.397. The molecule has 88 valence electrons. The fraction of sp³-hybridized carbons (Fsp3) is 0.500. The summed E-state index contributed by atoms with van der Waals surface area (Å²) in [6.07, 6.45) is 1.22. The van der Waals surface area contributed by atoms with Crippen molar-refractivity contribution in [3.63, 3.8) is 0 Å². The Kier molecular flexibility index (Phi) is 4.25. The van der Waals surface area contributed by atoms with Crippen LogP contribution in [0.3, 0.4) is 0 Å². The number of benzene rings is 1. The molecule has 1 aromatic carbocycles. The van der Waals surface area contributed by atoms with Gasteiger partial charge in [0.1, 0.15) is 0 Å². The molecule has 0 radical (unpaired) electrons. The Morgan fingerprint density at radius 2 is 2.38 bits per heavy atom. The van der Waals surface area contributed by atoms with Crippen molar-refractivity contribution >= 4 is 27.5 Å². The molecule has 1 unspecified atom stereocenters. The van der Waals surface area contributed by atoms with Crippen LogP contribution in [-0.4, -0.2) is 31.1 Å². The van der Waals surface area contributed by atoms with Crippen molar-refractivity contribution in [2.45, 2.75) is 19.0 Å². The molecule has 1 aliphatic rings. The molecule has 0 spiro atoms. The summed E-state index contributed by atoms with van der Waals surface area (Å²) in [5.41, 5.74) is 1.16. The molecule has 1 fully saturated rings. The molecule has 1 heterocycles. The number of hydrogen-bond donors (Lipinski definition) is 1. The summed E-state index contributed by atoms with van der Waals surface area (Å²) in [5.74, 6) is 0. The van der Waals surface area contributed by atoms with Gasteiger partial charge in [-0.3, -0.25) is 0 Å². The van der Waals surface area contributed by atoms with Crippen LogP contribution in [0.5, 0.6) is 0 Å². The van der Waals surface area contributed by atoms with E-state index in [4.69, 9.17) is 11.6 Å². The topological polar surface area (TPSA) is 15.3 Å². The maximum Gasteiger partial charge on any atom is 0.0451 e. The molecule has 4 heteroatoms. The van der Waals surface area contributed by atoms with Crippen molar-refractivity contribution in [2.75, 3.05) is 20.1 Å². The van der Waals surface area contributed by atoms with Crippen LogP contribution in [0.1, 0.15) is 12.0 Å². The van der Waals surface area contributed by atoms with Crippen LogP contribution in [0.15, 0.2) is 22.7 Å². The molecule has 0 aromatic heterocycles. The fourth-order valence-corrected chi connectivity index (χ4v) is 2.63. The second-order valence-corrected chi connectivity index (χ2v) is 5.69. The highest BCUT2D eigenvalue weighted by Crippen LogP contribution is 2.21. The second kappa shape index (κ2) is 5.50. The fourth-order valence-electron chi connectivity index (χ4n) is 2.03. The van der Waals surface area contributed by atoms with Crippen LogP contribution < -0.4 is 5.32 Å². The highest BCUT2D eigenvalue weighted by Gasteiger charge is 2.18. The molecular formula is C12H16BrClN2. The van der Waals surface area contributed by atoms with Gasteiger partial charge in [0.15, 0.2) is 0 Å². The van der Waals surface area contributed by atoms with Crippen LogP contribution in [0.2, 0.25) is 5.02 Å². The van der Waals surface area contributed by atoms with Gasteiger partial charge in [0.05, 0.1) is 0 Å². The number of nitrogens with zero attached hydrogens (tertiary/aromatic N) is 1. The van der Waals surface area contributed by atoms with Gasteiger partial charge in [0.2, 0.25) is 0 Å². The molecule has 16 heavy (non-hydrogen) atoms. The lowest BCUT2D eigenvalue weighted by Crippen LogP contribution is -2.31. The minimum Gasteiger partial charge on any atom is -0.309 e. The number of nitrogens with one attached hydrogen (secondary N) is 1. The smallest absolute Gasteiger partial charge is 0.0451 e. The second-order valence-electron chi connectivity index (χ2n) is 4.36. The van der Waals surface area contributed by atoms with E-state index in [9.17, 15) is 0 Å². The van der Waals surface area contributed by atoms with E-state index in [2.05, 4.69) is 39.3 Å². The van der Waals surface area contributed by atoms with Gasteiger partial charge in [0.25, 0.3) is 0 Å². The van der Waals surface area contributed by atoms with E-state index in [0.717, 1.165) is 28.1 Å². The quantitative estimate of drug-likeness (QED) is 0.924. The predicted molar refractivity (Wildman–Crippen MR) is 71.9 cm³/mol. The number of hydrogen-bond acceptors (Lipinski definition) is 2. The number of likely N-dealkylation sites (tertiary alicyclic amines) is 1. The molecule has 0 amide bonds. The Labute approximate surface area is 110 Å². The number of likely N-dealkylation sites (N-methyl/N-ethyl adjacent to an activating group) is 1. The Balaban J connectivity index is 1.91. The van der Waals surface area contributed by atoms with Crippen LogP contribution in [0.4, 0.5) is 0 Å². The highest BCUT2D eigenvalue weighted by atomic mass is 79.9. The van der Waals surface area contributed by atoms with Gasteiger partial charge in [-0.25, -0.2) is 0 Å². The lowest BCUT2D eigenvalue weighted by atomic mass is 10.2. The van der Waals surface area contributed by atoms with E-state index in [0.29, 0.717) is 6.04 Å². The zero-order valence-electron chi connectivity index (χ0n) is 9.34. The van der Waals surface area contributed by atoms with E-state index in [1.54, 1.807) is 0 Å². The van der Waals surface area contributed by atoms with Gasteiger partial charge in [-0.15, -0.1) is 0 Å².